The first-order valence-corrected chi connectivity index (χ1v) is 13.0. The lowest BCUT2D eigenvalue weighted by atomic mass is 9.80. The number of thiophene rings is 1. The van der Waals surface area contributed by atoms with Gasteiger partial charge in [0.1, 0.15) is 0 Å². The molecule has 2 nitrogen and oxygen atoms in total. The monoisotopic (exact) mass is 432 g/mol. The normalized spacial score (nSPS) is 27.4. The van der Waals surface area contributed by atoms with Crippen LogP contribution in [0.15, 0.2) is 18.2 Å². The Hall–Kier alpha value is -1.13. The molecule has 0 radical (unpaired) electrons. The van der Waals surface area contributed by atoms with Gasteiger partial charge in [-0.3, -0.25) is 0 Å². The van der Waals surface area contributed by atoms with Crippen LogP contribution in [-0.4, -0.2) is 19.3 Å². The smallest absolute Gasteiger partial charge is 0.182 e. The summed E-state index contributed by atoms with van der Waals surface area (Å²) in [7, 11) is 0. The third kappa shape index (κ3) is 5.19. The van der Waals surface area contributed by atoms with Crippen molar-refractivity contribution in [1.82, 2.24) is 0 Å². The van der Waals surface area contributed by atoms with E-state index in [4.69, 9.17) is 9.47 Å². The van der Waals surface area contributed by atoms with E-state index in [1.165, 1.54) is 49.8 Å². The van der Waals surface area contributed by atoms with E-state index < -0.39 is 0 Å². The number of benzene rings is 1. The average Bonchev–Trinajstić information content (AvgIpc) is 3.21. The van der Waals surface area contributed by atoms with Crippen molar-refractivity contribution in [3.63, 3.8) is 0 Å². The average molecular weight is 433 g/mol. The molecule has 1 aliphatic heterocycles. The minimum absolute atomic E-state index is 0.177. The van der Waals surface area contributed by atoms with Crippen molar-refractivity contribution in [3.8, 4) is 5.75 Å². The molecule has 0 N–H and O–H groups in total. The highest BCUT2D eigenvalue weighted by atomic mass is 32.1. The second kappa shape index (κ2) is 10.5. The molecule has 2 atom stereocenters. The van der Waals surface area contributed by atoms with Crippen molar-refractivity contribution >= 4 is 21.4 Å². The molecule has 1 saturated heterocycles. The molecular weight excluding hydrogens is 395 g/mol. The maximum absolute atomic E-state index is 15.2. The summed E-state index contributed by atoms with van der Waals surface area (Å²) < 4.78 is 28.0. The van der Waals surface area contributed by atoms with Crippen LogP contribution in [-0.2, 0) is 4.74 Å². The van der Waals surface area contributed by atoms with Gasteiger partial charge in [-0.2, -0.15) is 0 Å². The predicted molar refractivity (Wildman–Crippen MR) is 124 cm³/mol. The summed E-state index contributed by atoms with van der Waals surface area (Å²) in [6, 6.07) is 6.01. The van der Waals surface area contributed by atoms with Gasteiger partial charge in [-0.05, 0) is 67.5 Å². The Morgan fingerprint density at radius 3 is 2.47 bits per heavy atom. The molecule has 0 bridgehead atoms. The highest BCUT2D eigenvalue weighted by Gasteiger charge is 2.25. The molecule has 1 aromatic carbocycles. The molecule has 0 amide bonds. The summed E-state index contributed by atoms with van der Waals surface area (Å²) in [5.41, 5.74) is 0. The van der Waals surface area contributed by atoms with Gasteiger partial charge in [0.05, 0.1) is 24.0 Å². The van der Waals surface area contributed by atoms with Gasteiger partial charge in [0, 0.05) is 10.8 Å². The standard InChI is InChI=1S/C26H37FO2S/c1-3-5-18-7-9-19(10-8-18)16-29-23-14-12-20-15-24(30-26(20)25(23)27)21-11-13-22(6-4-2)28-17-21/h12,14-15,18-19,21-22H,3-11,13,16-17H2,1-2H3. The van der Waals surface area contributed by atoms with E-state index in [1.54, 1.807) is 11.3 Å². The lowest BCUT2D eigenvalue weighted by Crippen LogP contribution is -2.24. The summed E-state index contributed by atoms with van der Waals surface area (Å²) in [6.45, 7) is 5.90. The SMILES string of the molecule is CCCC1CCC(COc2ccc3cc(C4CCC(CCC)OC4)sc3c2F)CC1. The number of rotatable bonds is 8. The van der Waals surface area contributed by atoms with Gasteiger partial charge in [0.2, 0.25) is 0 Å². The fourth-order valence-electron chi connectivity index (χ4n) is 5.27. The number of hydrogen-bond acceptors (Lipinski definition) is 3. The van der Waals surface area contributed by atoms with Crippen LogP contribution >= 0.6 is 11.3 Å². The number of hydrogen-bond donors (Lipinski definition) is 0. The molecular formula is C26H37FO2S. The molecule has 2 heterocycles. The van der Waals surface area contributed by atoms with Crippen molar-refractivity contribution in [2.75, 3.05) is 13.2 Å². The zero-order chi connectivity index (χ0) is 20.9. The lowest BCUT2D eigenvalue weighted by molar-refractivity contribution is -0.000462. The van der Waals surface area contributed by atoms with Gasteiger partial charge >= 0.3 is 0 Å². The quantitative estimate of drug-likeness (QED) is 0.419. The summed E-state index contributed by atoms with van der Waals surface area (Å²) in [4.78, 5) is 1.25. The highest BCUT2D eigenvalue weighted by Crippen LogP contribution is 2.40. The van der Waals surface area contributed by atoms with Crippen LogP contribution in [0.25, 0.3) is 10.1 Å². The molecule has 30 heavy (non-hydrogen) atoms. The van der Waals surface area contributed by atoms with Crippen molar-refractivity contribution in [2.45, 2.75) is 90.1 Å². The molecule has 2 unspecified atom stereocenters. The number of halogens is 1. The molecule has 4 rings (SSSR count). The van der Waals surface area contributed by atoms with Crippen LogP contribution < -0.4 is 4.74 Å². The Labute approximate surface area is 185 Å². The first-order valence-electron chi connectivity index (χ1n) is 12.1. The van der Waals surface area contributed by atoms with Gasteiger partial charge in [0.15, 0.2) is 11.6 Å². The summed E-state index contributed by atoms with van der Waals surface area (Å²) in [5, 5.41) is 0.996. The highest BCUT2D eigenvalue weighted by molar-refractivity contribution is 7.19. The minimum Gasteiger partial charge on any atom is -0.490 e. The first-order chi connectivity index (χ1) is 14.7. The van der Waals surface area contributed by atoms with E-state index in [2.05, 4.69) is 19.9 Å². The maximum Gasteiger partial charge on any atom is 0.182 e. The molecule has 0 spiro atoms. The molecule has 2 fully saturated rings. The Balaban J connectivity index is 1.36. The molecule has 1 aromatic heterocycles. The van der Waals surface area contributed by atoms with Gasteiger partial charge in [-0.1, -0.05) is 46.0 Å². The van der Waals surface area contributed by atoms with Crippen LogP contribution in [0.2, 0.25) is 0 Å². The molecule has 1 saturated carbocycles. The van der Waals surface area contributed by atoms with Crippen LogP contribution in [0.5, 0.6) is 5.75 Å². The molecule has 166 valence electrons. The predicted octanol–water partition coefficient (Wildman–Crippen LogP) is 8.09. The Bertz CT molecular complexity index is 801. The molecule has 4 heteroatoms. The number of fused-ring (bicyclic) bond motifs is 1. The Kier molecular flexibility index (Phi) is 7.69. The van der Waals surface area contributed by atoms with Gasteiger partial charge < -0.3 is 9.47 Å². The summed E-state index contributed by atoms with van der Waals surface area (Å²) in [6.07, 6.45) is 12.7. The van der Waals surface area contributed by atoms with Crippen molar-refractivity contribution in [3.05, 3.63) is 28.9 Å². The zero-order valence-electron chi connectivity index (χ0n) is 18.6. The van der Waals surface area contributed by atoms with Gasteiger partial charge in [-0.15, -0.1) is 11.3 Å². The van der Waals surface area contributed by atoms with Crippen LogP contribution in [0.4, 0.5) is 4.39 Å². The maximum atomic E-state index is 15.2. The van der Waals surface area contributed by atoms with E-state index in [0.717, 1.165) is 41.9 Å². The van der Waals surface area contributed by atoms with Gasteiger partial charge in [0.25, 0.3) is 0 Å². The molecule has 2 aliphatic rings. The van der Waals surface area contributed by atoms with E-state index >= 15 is 4.39 Å². The summed E-state index contributed by atoms with van der Waals surface area (Å²) in [5.74, 6) is 2.11. The van der Waals surface area contributed by atoms with Crippen molar-refractivity contribution in [2.24, 2.45) is 11.8 Å². The van der Waals surface area contributed by atoms with E-state index in [1.807, 2.05) is 12.1 Å². The molecule has 1 aliphatic carbocycles. The fourth-order valence-corrected chi connectivity index (χ4v) is 6.48. The van der Waals surface area contributed by atoms with E-state index in [0.29, 0.717) is 30.3 Å². The third-order valence-electron chi connectivity index (χ3n) is 7.13. The first kappa shape index (κ1) is 22.1. The second-order valence-electron chi connectivity index (χ2n) is 9.45. The van der Waals surface area contributed by atoms with Crippen molar-refractivity contribution in [1.29, 1.82) is 0 Å². The largest absolute Gasteiger partial charge is 0.490 e. The Morgan fingerprint density at radius 1 is 1.00 bits per heavy atom. The van der Waals surface area contributed by atoms with Crippen LogP contribution in [0.1, 0.15) is 88.9 Å². The Morgan fingerprint density at radius 2 is 1.77 bits per heavy atom. The van der Waals surface area contributed by atoms with Gasteiger partial charge in [-0.25, -0.2) is 4.39 Å². The van der Waals surface area contributed by atoms with E-state index in [9.17, 15) is 0 Å². The topological polar surface area (TPSA) is 18.5 Å². The zero-order valence-corrected chi connectivity index (χ0v) is 19.4. The third-order valence-corrected chi connectivity index (χ3v) is 8.44. The fraction of sp³-hybridized carbons (Fsp3) is 0.692. The second-order valence-corrected chi connectivity index (χ2v) is 10.5. The van der Waals surface area contributed by atoms with Crippen molar-refractivity contribution < 1.29 is 13.9 Å². The van der Waals surface area contributed by atoms with Crippen LogP contribution in [0, 0.1) is 17.7 Å². The lowest BCUT2D eigenvalue weighted by Gasteiger charge is -2.28. The number of ether oxygens (including phenoxy) is 2. The van der Waals surface area contributed by atoms with Crippen LogP contribution in [0.3, 0.4) is 0 Å². The minimum atomic E-state index is -0.177. The molecule has 2 aromatic rings. The summed E-state index contributed by atoms with van der Waals surface area (Å²) >= 11 is 1.59. The van der Waals surface area contributed by atoms with E-state index in [-0.39, 0.29) is 5.82 Å².